The summed E-state index contributed by atoms with van der Waals surface area (Å²) in [4.78, 5) is 14.2. The van der Waals surface area contributed by atoms with E-state index in [1.54, 1.807) is 0 Å². The van der Waals surface area contributed by atoms with Crippen molar-refractivity contribution in [3.8, 4) is 11.4 Å². The highest BCUT2D eigenvalue weighted by Crippen LogP contribution is 2.19. The smallest absolute Gasteiger partial charge is 0.374 e. The molecule has 2 aromatic heterocycles. The molecule has 0 saturated carbocycles. The summed E-state index contributed by atoms with van der Waals surface area (Å²) >= 11 is 0. The summed E-state index contributed by atoms with van der Waals surface area (Å²) in [5, 5.41) is 12.0. The molecule has 0 atom stereocenters. The van der Waals surface area contributed by atoms with Gasteiger partial charge in [0.05, 0.1) is 0 Å². The first kappa shape index (κ1) is 9.32. The van der Waals surface area contributed by atoms with Crippen molar-refractivity contribution in [1.82, 2.24) is 10.1 Å². The fraction of sp³-hybridized carbons (Fsp3) is 0. The second kappa shape index (κ2) is 3.49. The van der Waals surface area contributed by atoms with Crippen molar-refractivity contribution in [3.05, 3.63) is 36.0 Å². The van der Waals surface area contributed by atoms with Crippen LogP contribution in [0.5, 0.6) is 0 Å². The summed E-state index contributed by atoms with van der Waals surface area (Å²) in [5.74, 6) is -2.19. The Morgan fingerprint density at radius 3 is 2.93 bits per heavy atom. The Balaban J connectivity index is 2.46. The van der Waals surface area contributed by atoms with Gasteiger partial charge in [-0.15, -0.1) is 0 Å². The van der Waals surface area contributed by atoms with Crippen LogP contribution in [0.2, 0.25) is 0 Å². The molecule has 0 unspecified atom stereocenters. The number of hydrogen-bond donors (Lipinski definition) is 1. The first-order chi connectivity index (χ1) is 7.18. The number of carboxylic acid groups (broad SMARTS) is 1. The number of carbonyl (C=O) groups is 1. The third kappa shape index (κ3) is 1.69. The lowest BCUT2D eigenvalue weighted by Gasteiger charge is -1.94. The van der Waals surface area contributed by atoms with E-state index in [0.717, 1.165) is 6.07 Å². The molecule has 2 heterocycles. The van der Waals surface area contributed by atoms with Crippen LogP contribution in [-0.2, 0) is 0 Å². The van der Waals surface area contributed by atoms with Gasteiger partial charge in [-0.2, -0.15) is 0 Å². The molecular formula is C9H5FN2O3. The van der Waals surface area contributed by atoms with Gasteiger partial charge >= 0.3 is 5.97 Å². The van der Waals surface area contributed by atoms with Gasteiger partial charge in [0.15, 0.2) is 5.82 Å². The highest BCUT2D eigenvalue weighted by molar-refractivity contribution is 5.85. The van der Waals surface area contributed by atoms with Crippen LogP contribution >= 0.6 is 0 Å². The van der Waals surface area contributed by atoms with E-state index in [1.165, 1.54) is 18.3 Å². The third-order valence-electron chi connectivity index (χ3n) is 1.72. The van der Waals surface area contributed by atoms with Crippen LogP contribution < -0.4 is 0 Å². The predicted octanol–water partition coefficient (Wildman–Crippen LogP) is 1.57. The second-order valence-corrected chi connectivity index (χ2v) is 2.72. The molecule has 76 valence electrons. The molecule has 6 heteroatoms. The Morgan fingerprint density at radius 1 is 1.53 bits per heavy atom. The number of aromatic carboxylic acids is 1. The van der Waals surface area contributed by atoms with E-state index < -0.39 is 11.8 Å². The molecule has 2 rings (SSSR count). The molecule has 0 radical (unpaired) electrons. The molecule has 0 spiro atoms. The molecule has 0 bridgehead atoms. The van der Waals surface area contributed by atoms with Gasteiger partial charge in [0.25, 0.3) is 0 Å². The van der Waals surface area contributed by atoms with Crippen LogP contribution in [0.1, 0.15) is 10.6 Å². The molecule has 0 fully saturated rings. The predicted molar refractivity (Wildman–Crippen MR) is 46.7 cm³/mol. The summed E-state index contributed by atoms with van der Waals surface area (Å²) in [7, 11) is 0. The van der Waals surface area contributed by atoms with Crippen molar-refractivity contribution in [2.75, 3.05) is 0 Å². The normalized spacial score (nSPS) is 10.2. The minimum Gasteiger partial charge on any atom is -0.475 e. The van der Waals surface area contributed by atoms with Crippen molar-refractivity contribution >= 4 is 5.97 Å². The zero-order valence-corrected chi connectivity index (χ0v) is 7.35. The molecule has 0 aromatic carbocycles. The van der Waals surface area contributed by atoms with E-state index in [4.69, 9.17) is 5.11 Å². The van der Waals surface area contributed by atoms with Crippen LogP contribution in [0.25, 0.3) is 11.4 Å². The van der Waals surface area contributed by atoms with E-state index in [2.05, 4.69) is 14.7 Å². The van der Waals surface area contributed by atoms with Crippen molar-refractivity contribution in [2.45, 2.75) is 0 Å². The van der Waals surface area contributed by atoms with Crippen LogP contribution in [0, 0.1) is 5.82 Å². The molecule has 5 nitrogen and oxygen atoms in total. The Morgan fingerprint density at radius 2 is 2.33 bits per heavy atom. The van der Waals surface area contributed by atoms with Gasteiger partial charge in [-0.1, -0.05) is 5.16 Å². The van der Waals surface area contributed by atoms with Crippen molar-refractivity contribution in [2.24, 2.45) is 0 Å². The van der Waals surface area contributed by atoms with E-state index >= 15 is 0 Å². The van der Waals surface area contributed by atoms with Gasteiger partial charge in [-0.3, -0.25) is 4.98 Å². The first-order valence-electron chi connectivity index (χ1n) is 3.99. The number of pyridine rings is 1. The van der Waals surface area contributed by atoms with E-state index in [-0.39, 0.29) is 17.1 Å². The maximum atomic E-state index is 13.2. The highest BCUT2D eigenvalue weighted by Gasteiger charge is 2.15. The van der Waals surface area contributed by atoms with Crippen LogP contribution in [0.15, 0.2) is 28.9 Å². The van der Waals surface area contributed by atoms with Crippen molar-refractivity contribution in [3.63, 3.8) is 0 Å². The Hall–Kier alpha value is -2.24. The minimum absolute atomic E-state index is 0.0336. The van der Waals surface area contributed by atoms with Crippen molar-refractivity contribution < 1.29 is 18.8 Å². The number of hydrogen-bond acceptors (Lipinski definition) is 4. The van der Waals surface area contributed by atoms with Gasteiger partial charge < -0.3 is 9.63 Å². The monoisotopic (exact) mass is 208 g/mol. The molecular weight excluding hydrogens is 203 g/mol. The summed E-state index contributed by atoms with van der Waals surface area (Å²) in [6, 6.07) is 3.75. The Bertz CT molecular complexity index is 510. The van der Waals surface area contributed by atoms with E-state index in [9.17, 15) is 9.18 Å². The summed E-state index contributed by atoms with van der Waals surface area (Å²) in [6.07, 6.45) is 1.38. The number of halogens is 1. The molecule has 0 saturated heterocycles. The summed E-state index contributed by atoms with van der Waals surface area (Å²) in [5.41, 5.74) is 0.0271. The lowest BCUT2D eigenvalue weighted by atomic mass is 10.2. The van der Waals surface area contributed by atoms with E-state index in [0.29, 0.717) is 0 Å². The number of carboxylic acids is 1. The van der Waals surface area contributed by atoms with E-state index in [1.807, 2.05) is 0 Å². The van der Waals surface area contributed by atoms with Crippen LogP contribution in [0.4, 0.5) is 4.39 Å². The fourth-order valence-corrected chi connectivity index (χ4v) is 1.06. The molecule has 2 aromatic rings. The number of rotatable bonds is 2. The first-order valence-corrected chi connectivity index (χ1v) is 3.99. The number of nitrogens with zero attached hydrogens (tertiary/aromatic N) is 2. The fourth-order valence-electron chi connectivity index (χ4n) is 1.06. The molecule has 0 aliphatic carbocycles. The maximum Gasteiger partial charge on any atom is 0.374 e. The largest absolute Gasteiger partial charge is 0.475 e. The lowest BCUT2D eigenvalue weighted by molar-refractivity contribution is 0.0652. The van der Waals surface area contributed by atoms with Gasteiger partial charge in [0.2, 0.25) is 5.76 Å². The zero-order chi connectivity index (χ0) is 10.8. The Labute approximate surface area is 83.2 Å². The number of aromatic nitrogens is 2. The molecule has 0 aliphatic rings. The summed E-state index contributed by atoms with van der Waals surface area (Å²) in [6.45, 7) is 0. The van der Waals surface area contributed by atoms with Gasteiger partial charge in [0.1, 0.15) is 11.4 Å². The average molecular weight is 208 g/mol. The second-order valence-electron chi connectivity index (χ2n) is 2.72. The van der Waals surface area contributed by atoms with Gasteiger partial charge in [-0.25, -0.2) is 9.18 Å². The maximum absolute atomic E-state index is 13.2. The third-order valence-corrected chi connectivity index (χ3v) is 1.72. The molecule has 0 aliphatic heterocycles. The topological polar surface area (TPSA) is 76.2 Å². The van der Waals surface area contributed by atoms with Crippen LogP contribution in [-0.4, -0.2) is 21.2 Å². The van der Waals surface area contributed by atoms with Crippen LogP contribution in [0.3, 0.4) is 0 Å². The average Bonchev–Trinajstić information content (AvgIpc) is 2.67. The molecule has 1 N–H and O–H groups in total. The lowest BCUT2D eigenvalue weighted by Crippen LogP contribution is -1.92. The standard InChI is InChI=1S/C9H5FN2O3/c10-5-2-1-3-11-8(5)6-4-7(9(13)14)15-12-6/h1-4H,(H,13,14). The quantitative estimate of drug-likeness (QED) is 0.810. The zero-order valence-electron chi connectivity index (χ0n) is 7.35. The molecule has 0 amide bonds. The van der Waals surface area contributed by atoms with Gasteiger partial charge in [0, 0.05) is 12.3 Å². The minimum atomic E-state index is -1.26. The Kier molecular flexibility index (Phi) is 2.17. The van der Waals surface area contributed by atoms with Gasteiger partial charge in [-0.05, 0) is 12.1 Å². The summed E-state index contributed by atoms with van der Waals surface area (Å²) < 4.78 is 17.7. The highest BCUT2D eigenvalue weighted by atomic mass is 19.1. The van der Waals surface area contributed by atoms with Crippen molar-refractivity contribution in [1.29, 1.82) is 0 Å². The molecule has 15 heavy (non-hydrogen) atoms. The SMILES string of the molecule is O=C(O)c1cc(-c2ncccc2F)no1.